The maximum absolute atomic E-state index is 11.7. The fourth-order valence-corrected chi connectivity index (χ4v) is 1.36. The van der Waals surface area contributed by atoms with Crippen molar-refractivity contribution in [3.63, 3.8) is 0 Å². The van der Waals surface area contributed by atoms with Crippen LogP contribution in [0.2, 0.25) is 0 Å². The Morgan fingerprint density at radius 1 is 1.35 bits per heavy atom. The first-order chi connectivity index (χ1) is 8.08. The van der Waals surface area contributed by atoms with E-state index in [9.17, 15) is 4.79 Å². The Labute approximate surface area is 102 Å². The number of anilines is 1. The molecule has 0 saturated heterocycles. The lowest BCUT2D eigenvalue weighted by atomic mass is 10.2. The lowest BCUT2D eigenvalue weighted by molar-refractivity contribution is 0.0130. The Balaban J connectivity index is 2.69. The van der Waals surface area contributed by atoms with Crippen LogP contribution < -0.4 is 4.90 Å². The minimum absolute atomic E-state index is 0.141. The summed E-state index contributed by atoms with van der Waals surface area (Å²) in [6.07, 6.45) is 0.189. The number of ether oxygens (including phenoxy) is 1. The number of carbonyl (C=O) groups excluding carboxylic acids is 1. The summed E-state index contributed by atoms with van der Waals surface area (Å²) < 4.78 is 5.13. The number of benzene rings is 1. The predicted octanol–water partition coefficient (Wildman–Crippen LogP) is 1.68. The van der Waals surface area contributed by atoms with Gasteiger partial charge in [-0.3, -0.25) is 0 Å². The second-order valence-corrected chi connectivity index (χ2v) is 4.06. The van der Waals surface area contributed by atoms with Gasteiger partial charge in [0.25, 0.3) is 0 Å². The average Bonchev–Trinajstić information content (AvgIpc) is 2.35. The highest BCUT2D eigenvalue weighted by Crippen LogP contribution is 2.13. The van der Waals surface area contributed by atoms with E-state index >= 15 is 0 Å². The number of rotatable bonds is 5. The Morgan fingerprint density at radius 2 is 1.94 bits per heavy atom. The molecular weight excluding hydrogens is 218 g/mol. The minimum atomic E-state index is -0.420. The van der Waals surface area contributed by atoms with Crippen LogP contribution in [-0.2, 0) is 4.74 Å². The molecule has 0 aromatic heterocycles. The maximum atomic E-state index is 11.7. The average molecular weight is 237 g/mol. The van der Waals surface area contributed by atoms with Crippen molar-refractivity contribution in [3.05, 3.63) is 29.8 Å². The van der Waals surface area contributed by atoms with Crippen LogP contribution in [0.15, 0.2) is 24.3 Å². The molecule has 1 atom stereocenters. The van der Waals surface area contributed by atoms with Crippen molar-refractivity contribution in [3.8, 4) is 0 Å². The lowest BCUT2D eigenvalue weighted by Gasteiger charge is -2.15. The van der Waals surface area contributed by atoms with E-state index in [-0.39, 0.29) is 6.61 Å². The summed E-state index contributed by atoms with van der Waals surface area (Å²) in [6, 6.07) is 7.16. The Bertz CT molecular complexity index is 355. The molecule has 1 aromatic rings. The summed E-state index contributed by atoms with van der Waals surface area (Å²) in [7, 11) is 3.87. The van der Waals surface area contributed by atoms with Crippen LogP contribution in [0, 0.1) is 0 Å². The molecule has 1 N–H and O–H groups in total. The van der Waals surface area contributed by atoms with Crippen LogP contribution in [0.1, 0.15) is 23.7 Å². The van der Waals surface area contributed by atoms with Crippen molar-refractivity contribution in [1.29, 1.82) is 0 Å². The molecule has 1 aromatic carbocycles. The zero-order chi connectivity index (χ0) is 12.8. The molecule has 4 nitrogen and oxygen atoms in total. The summed E-state index contributed by atoms with van der Waals surface area (Å²) in [4.78, 5) is 13.7. The van der Waals surface area contributed by atoms with Gasteiger partial charge < -0.3 is 14.7 Å². The first kappa shape index (κ1) is 13.5. The number of aliphatic hydroxyl groups is 1. The van der Waals surface area contributed by atoms with Crippen molar-refractivity contribution < 1.29 is 14.6 Å². The number of hydrogen-bond donors (Lipinski definition) is 1. The van der Waals surface area contributed by atoms with Crippen molar-refractivity contribution in [2.45, 2.75) is 19.4 Å². The smallest absolute Gasteiger partial charge is 0.338 e. The second-order valence-electron chi connectivity index (χ2n) is 4.06. The van der Waals surface area contributed by atoms with E-state index in [1.165, 1.54) is 0 Å². The van der Waals surface area contributed by atoms with E-state index < -0.39 is 12.1 Å². The summed E-state index contributed by atoms with van der Waals surface area (Å²) >= 11 is 0. The Kier molecular flexibility index (Phi) is 4.97. The normalized spacial score (nSPS) is 12.0. The number of aliphatic hydroxyl groups excluding tert-OH is 1. The predicted molar refractivity (Wildman–Crippen MR) is 67.3 cm³/mol. The fourth-order valence-electron chi connectivity index (χ4n) is 1.36. The van der Waals surface area contributed by atoms with Gasteiger partial charge in [0.2, 0.25) is 0 Å². The summed E-state index contributed by atoms with van der Waals surface area (Å²) in [6.45, 7) is 1.72. The highest BCUT2D eigenvalue weighted by atomic mass is 16.6. The SMILES string of the molecule is CCC(CO)OC(=O)c1ccc(N(C)C)cc1. The van der Waals surface area contributed by atoms with Gasteiger partial charge in [-0.2, -0.15) is 0 Å². The van der Waals surface area contributed by atoms with Crippen LogP contribution >= 0.6 is 0 Å². The number of hydrogen-bond acceptors (Lipinski definition) is 4. The quantitative estimate of drug-likeness (QED) is 0.792. The third-order valence-electron chi connectivity index (χ3n) is 2.55. The molecule has 0 fully saturated rings. The number of esters is 1. The molecule has 0 saturated carbocycles. The zero-order valence-corrected chi connectivity index (χ0v) is 10.5. The van der Waals surface area contributed by atoms with Gasteiger partial charge in [0.15, 0.2) is 0 Å². The maximum Gasteiger partial charge on any atom is 0.338 e. The summed E-state index contributed by atoms with van der Waals surface area (Å²) in [5.41, 5.74) is 1.53. The molecule has 0 aliphatic carbocycles. The Morgan fingerprint density at radius 3 is 2.35 bits per heavy atom. The lowest BCUT2D eigenvalue weighted by Crippen LogP contribution is -2.21. The van der Waals surface area contributed by atoms with Gasteiger partial charge in [0, 0.05) is 19.8 Å². The van der Waals surface area contributed by atoms with E-state index in [0.29, 0.717) is 12.0 Å². The van der Waals surface area contributed by atoms with Gasteiger partial charge in [-0.1, -0.05) is 6.92 Å². The van der Waals surface area contributed by atoms with Crippen molar-refractivity contribution in [2.24, 2.45) is 0 Å². The Hall–Kier alpha value is -1.55. The molecule has 0 bridgehead atoms. The number of nitrogens with zero attached hydrogens (tertiary/aromatic N) is 1. The van der Waals surface area contributed by atoms with E-state index in [1.54, 1.807) is 12.1 Å². The topological polar surface area (TPSA) is 49.8 Å². The summed E-state index contributed by atoms with van der Waals surface area (Å²) in [5, 5.41) is 8.95. The minimum Gasteiger partial charge on any atom is -0.456 e. The molecule has 0 aliphatic rings. The highest BCUT2D eigenvalue weighted by Gasteiger charge is 2.13. The van der Waals surface area contributed by atoms with Gasteiger partial charge in [0.1, 0.15) is 6.10 Å². The molecular formula is C13H19NO3. The molecule has 17 heavy (non-hydrogen) atoms. The van der Waals surface area contributed by atoms with E-state index in [4.69, 9.17) is 9.84 Å². The monoisotopic (exact) mass is 237 g/mol. The number of carbonyl (C=O) groups is 1. The standard InChI is InChI=1S/C13H19NO3/c1-4-12(9-15)17-13(16)10-5-7-11(8-6-10)14(2)3/h5-8,12,15H,4,9H2,1-3H3. The van der Waals surface area contributed by atoms with E-state index in [1.807, 2.05) is 38.1 Å². The van der Waals surface area contributed by atoms with Gasteiger partial charge in [-0.25, -0.2) is 4.79 Å². The zero-order valence-electron chi connectivity index (χ0n) is 10.5. The first-order valence-corrected chi connectivity index (χ1v) is 5.67. The molecule has 0 heterocycles. The molecule has 94 valence electrons. The molecule has 0 spiro atoms. The molecule has 1 unspecified atom stereocenters. The van der Waals surface area contributed by atoms with Crippen LogP contribution in [-0.4, -0.2) is 37.9 Å². The molecule has 1 rings (SSSR count). The van der Waals surface area contributed by atoms with E-state index in [2.05, 4.69) is 0 Å². The van der Waals surface area contributed by atoms with Crippen molar-refractivity contribution in [2.75, 3.05) is 25.6 Å². The highest BCUT2D eigenvalue weighted by molar-refractivity contribution is 5.89. The molecule has 0 radical (unpaired) electrons. The fraction of sp³-hybridized carbons (Fsp3) is 0.462. The third kappa shape index (κ3) is 3.75. The largest absolute Gasteiger partial charge is 0.456 e. The first-order valence-electron chi connectivity index (χ1n) is 5.67. The second kappa shape index (κ2) is 6.25. The molecule has 0 amide bonds. The van der Waals surface area contributed by atoms with Gasteiger partial charge in [0.05, 0.1) is 12.2 Å². The molecule has 0 aliphatic heterocycles. The van der Waals surface area contributed by atoms with Crippen LogP contribution in [0.3, 0.4) is 0 Å². The van der Waals surface area contributed by atoms with Crippen molar-refractivity contribution in [1.82, 2.24) is 0 Å². The van der Waals surface area contributed by atoms with Gasteiger partial charge in [-0.05, 0) is 30.7 Å². The van der Waals surface area contributed by atoms with Crippen LogP contribution in [0.5, 0.6) is 0 Å². The van der Waals surface area contributed by atoms with Crippen LogP contribution in [0.25, 0.3) is 0 Å². The van der Waals surface area contributed by atoms with Crippen LogP contribution in [0.4, 0.5) is 5.69 Å². The van der Waals surface area contributed by atoms with E-state index in [0.717, 1.165) is 5.69 Å². The van der Waals surface area contributed by atoms with Crippen molar-refractivity contribution >= 4 is 11.7 Å². The van der Waals surface area contributed by atoms with Gasteiger partial charge >= 0.3 is 5.97 Å². The molecule has 4 heteroatoms. The van der Waals surface area contributed by atoms with Gasteiger partial charge in [-0.15, -0.1) is 0 Å². The summed E-state index contributed by atoms with van der Waals surface area (Å²) in [5.74, 6) is -0.392. The third-order valence-corrected chi connectivity index (χ3v) is 2.55.